The van der Waals surface area contributed by atoms with Crippen LogP contribution >= 0.6 is 0 Å². The highest BCUT2D eigenvalue weighted by molar-refractivity contribution is 5.79. The lowest BCUT2D eigenvalue weighted by molar-refractivity contribution is 0.168. The molecule has 0 bridgehead atoms. The van der Waals surface area contributed by atoms with Crippen LogP contribution in [0.15, 0.2) is 29.1 Å². The highest BCUT2D eigenvalue weighted by Gasteiger charge is 2.27. The number of hydrogen-bond acceptors (Lipinski definition) is 5. The molecule has 2 saturated carbocycles. The van der Waals surface area contributed by atoms with Gasteiger partial charge in [-0.2, -0.15) is 0 Å². The molecule has 2 fully saturated rings. The van der Waals surface area contributed by atoms with Crippen LogP contribution in [0.1, 0.15) is 87.7 Å². The van der Waals surface area contributed by atoms with Gasteiger partial charge in [0.2, 0.25) is 0 Å². The Kier molecular flexibility index (Phi) is 6.35. The third kappa shape index (κ3) is 4.49. The van der Waals surface area contributed by atoms with Crippen LogP contribution in [-0.4, -0.2) is 36.1 Å². The Balaban J connectivity index is 1.43. The fourth-order valence-electron chi connectivity index (χ4n) is 5.55. The zero-order valence-corrected chi connectivity index (χ0v) is 19.1. The van der Waals surface area contributed by atoms with Gasteiger partial charge in [-0.25, -0.2) is 4.68 Å². The molecular weight excluding hydrogens is 400 g/mol. The molecule has 0 spiro atoms. The first-order chi connectivity index (χ1) is 15.7. The molecule has 5 rings (SSSR count). The molecule has 1 N–H and O–H groups in total. The largest absolute Gasteiger partial charge is 0.322 e. The lowest BCUT2D eigenvalue weighted by Gasteiger charge is -2.29. The van der Waals surface area contributed by atoms with Gasteiger partial charge in [-0.1, -0.05) is 45.1 Å². The van der Waals surface area contributed by atoms with Gasteiger partial charge in [0.25, 0.3) is 5.56 Å². The minimum absolute atomic E-state index is 0.0108. The number of tetrazole rings is 1. The van der Waals surface area contributed by atoms with Crippen molar-refractivity contribution in [2.45, 2.75) is 96.3 Å². The number of benzene rings is 1. The second-order valence-corrected chi connectivity index (χ2v) is 9.57. The number of hydrogen-bond donors (Lipinski definition) is 1. The van der Waals surface area contributed by atoms with Gasteiger partial charge in [0.15, 0.2) is 5.82 Å². The monoisotopic (exact) mass is 434 g/mol. The summed E-state index contributed by atoms with van der Waals surface area (Å²) in [5, 5.41) is 13.9. The smallest absolute Gasteiger partial charge is 0.252 e. The zero-order chi connectivity index (χ0) is 21.9. The summed E-state index contributed by atoms with van der Waals surface area (Å²) in [5.74, 6) is 0.939. The van der Waals surface area contributed by atoms with Crippen molar-refractivity contribution >= 4 is 10.9 Å². The molecule has 2 aliphatic rings. The molecule has 7 heteroatoms. The van der Waals surface area contributed by atoms with Crippen LogP contribution in [0.4, 0.5) is 0 Å². The highest BCUT2D eigenvalue weighted by Crippen LogP contribution is 2.30. The lowest BCUT2D eigenvalue weighted by atomic mass is 9.95. The second-order valence-electron chi connectivity index (χ2n) is 9.57. The first-order valence-corrected chi connectivity index (χ1v) is 12.4. The molecule has 32 heavy (non-hydrogen) atoms. The van der Waals surface area contributed by atoms with Crippen molar-refractivity contribution in [1.82, 2.24) is 30.1 Å². The Bertz CT molecular complexity index is 1110. The predicted molar refractivity (Wildman–Crippen MR) is 125 cm³/mol. The Morgan fingerprint density at radius 3 is 2.59 bits per heavy atom. The van der Waals surface area contributed by atoms with Crippen LogP contribution in [0.3, 0.4) is 0 Å². The van der Waals surface area contributed by atoms with Gasteiger partial charge in [-0.05, 0) is 71.7 Å². The number of aryl methyl sites for hydroxylation is 1. The van der Waals surface area contributed by atoms with E-state index in [0.29, 0.717) is 25.2 Å². The predicted octanol–water partition coefficient (Wildman–Crippen LogP) is 4.53. The van der Waals surface area contributed by atoms with Crippen LogP contribution in [0.25, 0.3) is 10.9 Å². The normalized spacial score (nSPS) is 18.2. The number of aromatic amines is 1. The van der Waals surface area contributed by atoms with E-state index >= 15 is 0 Å². The summed E-state index contributed by atoms with van der Waals surface area (Å²) < 4.78 is 2.07. The molecule has 2 heterocycles. The fraction of sp³-hybridized carbons (Fsp3) is 0.600. The van der Waals surface area contributed by atoms with E-state index in [1.54, 1.807) is 0 Å². The number of pyridine rings is 1. The Morgan fingerprint density at radius 2 is 1.81 bits per heavy atom. The van der Waals surface area contributed by atoms with Crippen molar-refractivity contribution in [3.8, 4) is 0 Å². The topological polar surface area (TPSA) is 79.7 Å². The number of nitrogens with one attached hydrogen (secondary N) is 1. The molecule has 0 saturated heterocycles. The zero-order valence-electron chi connectivity index (χ0n) is 19.1. The van der Waals surface area contributed by atoms with Crippen molar-refractivity contribution in [3.05, 3.63) is 51.6 Å². The minimum Gasteiger partial charge on any atom is -0.322 e. The van der Waals surface area contributed by atoms with E-state index in [1.165, 1.54) is 50.5 Å². The maximum Gasteiger partial charge on any atom is 0.252 e. The van der Waals surface area contributed by atoms with E-state index in [1.807, 2.05) is 6.07 Å². The molecule has 0 amide bonds. The van der Waals surface area contributed by atoms with E-state index in [-0.39, 0.29) is 5.56 Å². The van der Waals surface area contributed by atoms with Crippen molar-refractivity contribution in [1.29, 1.82) is 0 Å². The van der Waals surface area contributed by atoms with Crippen molar-refractivity contribution in [3.63, 3.8) is 0 Å². The molecule has 3 aromatic rings. The molecule has 2 aromatic heterocycles. The van der Waals surface area contributed by atoms with Crippen LogP contribution in [0.5, 0.6) is 0 Å². The van der Waals surface area contributed by atoms with Gasteiger partial charge < -0.3 is 4.98 Å². The van der Waals surface area contributed by atoms with Gasteiger partial charge in [0, 0.05) is 23.7 Å². The van der Waals surface area contributed by atoms with Crippen molar-refractivity contribution < 1.29 is 0 Å². The summed E-state index contributed by atoms with van der Waals surface area (Å²) in [5.41, 5.74) is 3.03. The quantitative estimate of drug-likeness (QED) is 0.591. The first-order valence-electron chi connectivity index (χ1n) is 12.4. The summed E-state index contributed by atoms with van der Waals surface area (Å²) in [6.45, 7) is 3.48. The van der Waals surface area contributed by atoms with Crippen molar-refractivity contribution in [2.24, 2.45) is 0 Å². The molecule has 0 atom stereocenters. The molecule has 7 nitrogen and oxygen atoms in total. The minimum atomic E-state index is 0.0108. The Morgan fingerprint density at radius 1 is 1.03 bits per heavy atom. The Labute approximate surface area is 189 Å². The third-order valence-electron chi connectivity index (χ3n) is 7.43. The first kappa shape index (κ1) is 21.3. The molecule has 0 unspecified atom stereocenters. The van der Waals surface area contributed by atoms with Crippen LogP contribution in [0, 0.1) is 0 Å². The summed E-state index contributed by atoms with van der Waals surface area (Å²) in [4.78, 5) is 18.5. The van der Waals surface area contributed by atoms with Crippen LogP contribution in [-0.2, 0) is 19.5 Å². The molecule has 1 aromatic carbocycles. The van der Waals surface area contributed by atoms with E-state index < -0.39 is 0 Å². The van der Waals surface area contributed by atoms with E-state index in [2.05, 4.69) is 55.2 Å². The third-order valence-corrected chi connectivity index (χ3v) is 7.43. The van der Waals surface area contributed by atoms with E-state index in [0.717, 1.165) is 41.6 Å². The van der Waals surface area contributed by atoms with E-state index in [9.17, 15) is 4.79 Å². The Hall–Kier alpha value is -2.54. The molecule has 0 radical (unpaired) electrons. The van der Waals surface area contributed by atoms with Crippen LogP contribution < -0.4 is 5.56 Å². The number of aromatic nitrogens is 5. The highest BCUT2D eigenvalue weighted by atomic mass is 16.1. The maximum absolute atomic E-state index is 12.9. The second kappa shape index (κ2) is 9.53. The number of fused-ring (bicyclic) bond motifs is 1. The summed E-state index contributed by atoms with van der Waals surface area (Å²) in [6, 6.07) is 9.28. The number of H-pyrrole nitrogens is 1. The number of rotatable bonds is 7. The summed E-state index contributed by atoms with van der Waals surface area (Å²) in [6.07, 6.45) is 12.0. The average molecular weight is 435 g/mol. The molecular formula is C25H34N6O. The maximum atomic E-state index is 12.9. The summed E-state index contributed by atoms with van der Waals surface area (Å²) in [7, 11) is 0. The molecule has 170 valence electrons. The molecule has 0 aliphatic heterocycles. The summed E-state index contributed by atoms with van der Waals surface area (Å²) >= 11 is 0. The number of nitrogens with zero attached hydrogens (tertiary/aromatic N) is 5. The van der Waals surface area contributed by atoms with Gasteiger partial charge in [-0.15, -0.1) is 5.10 Å². The van der Waals surface area contributed by atoms with Crippen LogP contribution in [0.2, 0.25) is 0 Å². The SMILES string of the molecule is CCc1ccc2[nH]c(=O)c(CN(Cc3nnnn3C3CCCCC3)C3CCCC3)cc2c1. The van der Waals surface area contributed by atoms with Gasteiger partial charge in [0.05, 0.1) is 12.6 Å². The standard InChI is InChI=1S/C25H34N6O/c1-2-18-12-13-23-19(14-18)15-20(25(32)26-23)16-30(21-8-6-7-9-21)17-24-27-28-29-31(24)22-10-4-3-5-11-22/h12-15,21-22H,2-11,16-17H2,1H3,(H,26,32). The van der Waals surface area contributed by atoms with Gasteiger partial charge >= 0.3 is 0 Å². The lowest BCUT2D eigenvalue weighted by Crippen LogP contribution is -2.35. The van der Waals surface area contributed by atoms with E-state index in [4.69, 9.17) is 0 Å². The average Bonchev–Trinajstić information content (AvgIpc) is 3.52. The molecule has 2 aliphatic carbocycles. The van der Waals surface area contributed by atoms with Crippen molar-refractivity contribution in [2.75, 3.05) is 0 Å². The fourth-order valence-corrected chi connectivity index (χ4v) is 5.55. The van der Waals surface area contributed by atoms with Gasteiger partial charge in [0.1, 0.15) is 0 Å². The van der Waals surface area contributed by atoms with Gasteiger partial charge in [-0.3, -0.25) is 9.69 Å².